The first-order valence-electron chi connectivity index (χ1n) is 7.66. The summed E-state index contributed by atoms with van der Waals surface area (Å²) < 4.78 is 23.0. The van der Waals surface area contributed by atoms with E-state index in [2.05, 4.69) is 4.90 Å². The van der Waals surface area contributed by atoms with Gasteiger partial charge in [-0.3, -0.25) is 4.90 Å². The van der Waals surface area contributed by atoms with E-state index in [0.29, 0.717) is 17.7 Å². The zero-order valence-electron chi connectivity index (χ0n) is 11.9. The summed E-state index contributed by atoms with van der Waals surface area (Å²) >= 11 is 0. The third-order valence-electron chi connectivity index (χ3n) is 4.78. The van der Waals surface area contributed by atoms with Gasteiger partial charge in [0.15, 0.2) is 0 Å². The van der Waals surface area contributed by atoms with E-state index in [0.717, 1.165) is 38.8 Å². The summed E-state index contributed by atoms with van der Waals surface area (Å²) in [5, 5.41) is 10.0. The number of rotatable bonds is 6. The van der Waals surface area contributed by atoms with E-state index in [-0.39, 0.29) is 11.9 Å². The van der Waals surface area contributed by atoms with Gasteiger partial charge < -0.3 is 5.11 Å². The molecule has 0 aromatic carbocycles. The van der Waals surface area contributed by atoms with Gasteiger partial charge in [0.2, 0.25) is 0 Å². The smallest absolute Gasteiger partial charge is 0.150 e. The van der Waals surface area contributed by atoms with E-state index in [4.69, 9.17) is 0 Å². The van der Waals surface area contributed by atoms with Crippen LogP contribution in [0.25, 0.3) is 0 Å². The van der Waals surface area contributed by atoms with Gasteiger partial charge in [-0.2, -0.15) is 0 Å². The average Bonchev–Trinajstić information content (AvgIpc) is 2.97. The Morgan fingerprint density at radius 3 is 2.63 bits per heavy atom. The van der Waals surface area contributed by atoms with Crippen molar-refractivity contribution < 1.29 is 13.5 Å². The number of hydrogen-bond donors (Lipinski definition) is 1. The van der Waals surface area contributed by atoms with Gasteiger partial charge >= 0.3 is 0 Å². The highest BCUT2D eigenvalue weighted by Gasteiger charge is 2.37. The van der Waals surface area contributed by atoms with Crippen LogP contribution < -0.4 is 0 Å². The van der Waals surface area contributed by atoms with E-state index in [1.54, 1.807) is 6.92 Å². The first-order valence-corrected chi connectivity index (χ1v) is 9.48. The molecule has 1 N–H and O–H groups in total. The highest BCUT2D eigenvalue weighted by atomic mass is 32.2. The Kier molecular flexibility index (Phi) is 5.26. The summed E-state index contributed by atoms with van der Waals surface area (Å²) in [5.41, 5.74) is 0. The van der Waals surface area contributed by atoms with Crippen LogP contribution in [-0.4, -0.2) is 55.2 Å². The third kappa shape index (κ3) is 3.92. The average molecular weight is 289 g/mol. The van der Waals surface area contributed by atoms with Crippen molar-refractivity contribution in [3.63, 3.8) is 0 Å². The Labute approximate surface area is 117 Å². The minimum atomic E-state index is -2.83. The molecule has 1 aliphatic heterocycles. The lowest BCUT2D eigenvalue weighted by atomic mass is 9.94. The number of nitrogens with zero attached hydrogens (tertiary/aromatic N) is 1. The maximum absolute atomic E-state index is 11.5. The van der Waals surface area contributed by atoms with Crippen molar-refractivity contribution in [2.75, 3.05) is 24.6 Å². The molecular formula is C14H27NO3S. The van der Waals surface area contributed by atoms with Crippen LogP contribution in [0, 0.1) is 5.92 Å². The molecule has 0 aromatic heterocycles. The number of aliphatic hydroxyl groups excluding tert-OH is 1. The first-order chi connectivity index (χ1) is 9.03. The normalized spacial score (nSPS) is 33.1. The zero-order chi connectivity index (χ0) is 13.9. The number of likely N-dealkylation sites (tertiary alicyclic amines) is 1. The predicted octanol–water partition coefficient (Wildman–Crippen LogP) is 1.44. The molecule has 0 amide bonds. The second kappa shape index (κ2) is 6.55. The van der Waals surface area contributed by atoms with E-state index in [9.17, 15) is 13.5 Å². The maximum atomic E-state index is 11.5. The van der Waals surface area contributed by atoms with E-state index in [1.165, 1.54) is 12.8 Å². The molecule has 0 bridgehead atoms. The highest BCUT2D eigenvalue weighted by Crippen LogP contribution is 2.35. The Bertz CT molecular complexity index is 382. The largest absolute Gasteiger partial charge is 0.393 e. The number of aliphatic hydroxyl groups is 1. The summed E-state index contributed by atoms with van der Waals surface area (Å²) in [4.78, 5) is 2.42. The molecule has 3 unspecified atom stereocenters. The molecule has 4 nitrogen and oxygen atoms in total. The lowest BCUT2D eigenvalue weighted by Gasteiger charge is -2.31. The van der Waals surface area contributed by atoms with E-state index < -0.39 is 9.84 Å². The van der Waals surface area contributed by atoms with Crippen molar-refractivity contribution in [1.82, 2.24) is 4.90 Å². The summed E-state index contributed by atoms with van der Waals surface area (Å²) in [5.74, 6) is 0.975. The quantitative estimate of drug-likeness (QED) is 0.804. The van der Waals surface area contributed by atoms with Gasteiger partial charge in [0.25, 0.3) is 0 Å². The predicted molar refractivity (Wildman–Crippen MR) is 76.9 cm³/mol. The molecule has 0 aromatic rings. The van der Waals surface area contributed by atoms with Crippen LogP contribution >= 0.6 is 0 Å². The molecule has 2 fully saturated rings. The van der Waals surface area contributed by atoms with Gasteiger partial charge in [-0.1, -0.05) is 13.3 Å². The molecule has 0 spiro atoms. The van der Waals surface area contributed by atoms with Gasteiger partial charge in [-0.15, -0.1) is 0 Å². The first kappa shape index (κ1) is 15.3. The molecule has 112 valence electrons. The van der Waals surface area contributed by atoms with E-state index >= 15 is 0 Å². The van der Waals surface area contributed by atoms with Crippen molar-refractivity contribution >= 4 is 9.84 Å². The molecule has 1 aliphatic carbocycles. The van der Waals surface area contributed by atoms with Crippen molar-refractivity contribution in [2.45, 2.75) is 57.6 Å². The molecule has 0 radical (unpaired) electrons. The fraction of sp³-hybridized carbons (Fsp3) is 1.00. The van der Waals surface area contributed by atoms with E-state index in [1.807, 2.05) is 0 Å². The Hall–Kier alpha value is -0.130. The summed E-state index contributed by atoms with van der Waals surface area (Å²) in [6.07, 6.45) is 6.17. The van der Waals surface area contributed by atoms with Gasteiger partial charge in [0.05, 0.1) is 11.9 Å². The lowest BCUT2D eigenvalue weighted by molar-refractivity contribution is 0.0748. The molecule has 2 aliphatic rings. The Balaban J connectivity index is 1.82. The van der Waals surface area contributed by atoms with Crippen LogP contribution in [0.4, 0.5) is 0 Å². The topological polar surface area (TPSA) is 57.6 Å². The molecule has 1 saturated carbocycles. The molecule has 2 rings (SSSR count). The number of hydrogen-bond acceptors (Lipinski definition) is 4. The summed E-state index contributed by atoms with van der Waals surface area (Å²) in [7, 11) is -2.83. The monoisotopic (exact) mass is 289 g/mol. The van der Waals surface area contributed by atoms with Crippen molar-refractivity contribution in [2.24, 2.45) is 5.92 Å². The van der Waals surface area contributed by atoms with Gasteiger partial charge in [-0.25, -0.2) is 8.42 Å². The van der Waals surface area contributed by atoms with Crippen molar-refractivity contribution in [3.8, 4) is 0 Å². The van der Waals surface area contributed by atoms with Crippen LogP contribution in [0.5, 0.6) is 0 Å². The third-order valence-corrected chi connectivity index (χ3v) is 6.57. The van der Waals surface area contributed by atoms with Crippen LogP contribution in [0.2, 0.25) is 0 Å². The van der Waals surface area contributed by atoms with Crippen LogP contribution in [-0.2, 0) is 9.84 Å². The molecule has 5 heteroatoms. The number of sulfone groups is 1. The van der Waals surface area contributed by atoms with Crippen LogP contribution in [0.3, 0.4) is 0 Å². The van der Waals surface area contributed by atoms with Crippen LogP contribution in [0.15, 0.2) is 0 Å². The van der Waals surface area contributed by atoms with Crippen molar-refractivity contribution in [1.29, 1.82) is 0 Å². The molecule has 19 heavy (non-hydrogen) atoms. The Morgan fingerprint density at radius 1 is 1.21 bits per heavy atom. The summed E-state index contributed by atoms with van der Waals surface area (Å²) in [6.45, 7) is 3.65. The Morgan fingerprint density at radius 2 is 2.00 bits per heavy atom. The SMILES string of the molecule is CCS(=O)(=O)CCCN1CCCC1C1CCCC1O. The standard InChI is InChI=1S/C14H27NO3S/c1-2-19(17,18)11-5-10-15-9-4-7-13(15)12-6-3-8-14(12)16/h12-14,16H,2-11H2,1H3. The molecular weight excluding hydrogens is 262 g/mol. The van der Waals surface area contributed by atoms with Gasteiger partial charge in [-0.05, 0) is 45.2 Å². The second-order valence-electron chi connectivity index (χ2n) is 6.00. The second-order valence-corrected chi connectivity index (χ2v) is 8.47. The maximum Gasteiger partial charge on any atom is 0.150 e. The van der Waals surface area contributed by atoms with Gasteiger partial charge in [0, 0.05) is 17.7 Å². The summed E-state index contributed by atoms with van der Waals surface area (Å²) in [6, 6.07) is 0.488. The minimum absolute atomic E-state index is 0.134. The fourth-order valence-electron chi connectivity index (χ4n) is 3.66. The highest BCUT2D eigenvalue weighted by molar-refractivity contribution is 7.91. The fourth-order valence-corrected chi connectivity index (χ4v) is 4.52. The molecule has 1 saturated heterocycles. The molecule has 3 atom stereocenters. The zero-order valence-corrected chi connectivity index (χ0v) is 12.7. The van der Waals surface area contributed by atoms with Crippen molar-refractivity contribution in [3.05, 3.63) is 0 Å². The van der Waals surface area contributed by atoms with Gasteiger partial charge in [0.1, 0.15) is 9.84 Å². The molecule has 1 heterocycles. The minimum Gasteiger partial charge on any atom is -0.393 e. The van der Waals surface area contributed by atoms with Crippen LogP contribution in [0.1, 0.15) is 45.4 Å². The lowest BCUT2D eigenvalue weighted by Crippen LogP contribution is -2.39.